The van der Waals surface area contributed by atoms with Gasteiger partial charge in [0, 0.05) is 23.5 Å². The number of aliphatic carboxylic acids is 1. The van der Waals surface area contributed by atoms with Crippen LogP contribution in [0.25, 0.3) is 0 Å². The predicted molar refractivity (Wildman–Crippen MR) is 51.1 cm³/mol. The van der Waals surface area contributed by atoms with Crippen molar-refractivity contribution in [3.05, 3.63) is 39.9 Å². The second-order valence-electron chi connectivity index (χ2n) is 3.10. The number of nitro benzene ring substituents is 1. The summed E-state index contributed by atoms with van der Waals surface area (Å²) in [6.45, 7) is 1.65. The zero-order valence-electron chi connectivity index (χ0n) is 8.17. The smallest absolute Gasteiger partial charge is 0.273 e. The first-order valence-corrected chi connectivity index (χ1v) is 4.52. The number of carboxylic acids is 1. The Morgan fingerprint density at radius 3 is 2.53 bits per heavy atom. The number of hydrogen-bond acceptors (Lipinski definition) is 4. The molecule has 0 heterocycles. The molecule has 0 bridgehead atoms. The molecule has 1 aromatic rings. The average Bonchev–Trinajstić information content (AvgIpc) is 2.18. The maximum absolute atomic E-state index is 10.8. The van der Waals surface area contributed by atoms with Crippen LogP contribution in [-0.4, -0.2) is 10.9 Å². The molecule has 80 valence electrons. The molecule has 0 aromatic heterocycles. The first-order chi connectivity index (χ1) is 7.07. The van der Waals surface area contributed by atoms with Gasteiger partial charge >= 0.3 is 0 Å². The zero-order chi connectivity index (χ0) is 11.4. The van der Waals surface area contributed by atoms with Gasteiger partial charge in [-0.3, -0.25) is 10.1 Å². The number of rotatable bonds is 4. The largest absolute Gasteiger partial charge is 0.549 e. The molecule has 0 spiro atoms. The molecule has 0 aliphatic carbocycles. The fourth-order valence-electron chi connectivity index (χ4n) is 1.46. The van der Waals surface area contributed by atoms with Crippen LogP contribution in [0.15, 0.2) is 24.3 Å². The Morgan fingerprint density at radius 1 is 1.47 bits per heavy atom. The number of carboxylic acid groups (broad SMARTS) is 1. The Kier molecular flexibility index (Phi) is 3.38. The summed E-state index contributed by atoms with van der Waals surface area (Å²) in [6.07, 6.45) is 0.271. The van der Waals surface area contributed by atoms with E-state index in [4.69, 9.17) is 0 Å². The van der Waals surface area contributed by atoms with Crippen LogP contribution in [-0.2, 0) is 4.79 Å². The minimum atomic E-state index is -1.29. The number of benzene rings is 1. The summed E-state index contributed by atoms with van der Waals surface area (Å²) in [5, 5.41) is 21.4. The van der Waals surface area contributed by atoms with Crippen molar-refractivity contribution in [1.29, 1.82) is 0 Å². The first kappa shape index (κ1) is 11.2. The summed E-state index contributed by atoms with van der Waals surface area (Å²) < 4.78 is 0. The number of hydrogen-bond donors (Lipinski definition) is 0. The minimum Gasteiger partial charge on any atom is -0.549 e. The van der Waals surface area contributed by atoms with Gasteiger partial charge in [-0.1, -0.05) is 25.1 Å². The average molecular weight is 208 g/mol. The quantitative estimate of drug-likeness (QED) is 0.542. The summed E-state index contributed by atoms with van der Waals surface area (Å²) >= 11 is 0. The van der Waals surface area contributed by atoms with Gasteiger partial charge in [-0.25, -0.2) is 0 Å². The van der Waals surface area contributed by atoms with Crippen molar-refractivity contribution < 1.29 is 14.8 Å². The van der Waals surface area contributed by atoms with Crippen molar-refractivity contribution >= 4 is 11.7 Å². The molecule has 0 amide bonds. The molecule has 0 saturated carbocycles. The van der Waals surface area contributed by atoms with Gasteiger partial charge in [0.1, 0.15) is 0 Å². The number of nitrogens with zero attached hydrogens (tertiary/aromatic N) is 1. The molecular formula is C10H10NO4-. The Hall–Kier alpha value is -1.91. The lowest BCUT2D eigenvalue weighted by Crippen LogP contribution is -2.29. The van der Waals surface area contributed by atoms with Crippen LogP contribution < -0.4 is 5.11 Å². The molecule has 1 aromatic carbocycles. The van der Waals surface area contributed by atoms with Gasteiger partial charge in [-0.2, -0.15) is 0 Å². The molecule has 1 rings (SSSR count). The molecule has 0 aliphatic rings. The summed E-state index contributed by atoms with van der Waals surface area (Å²) in [7, 11) is 0. The van der Waals surface area contributed by atoms with Gasteiger partial charge in [0.15, 0.2) is 0 Å². The number of carbonyl (C=O) groups is 1. The van der Waals surface area contributed by atoms with E-state index in [0.29, 0.717) is 0 Å². The summed E-state index contributed by atoms with van der Waals surface area (Å²) in [4.78, 5) is 20.8. The lowest BCUT2D eigenvalue weighted by atomic mass is 9.95. The Bertz CT molecular complexity index is 389. The highest BCUT2D eigenvalue weighted by atomic mass is 16.6. The van der Waals surface area contributed by atoms with Gasteiger partial charge in [-0.05, 0) is 6.42 Å². The Morgan fingerprint density at radius 2 is 2.07 bits per heavy atom. The molecule has 5 nitrogen and oxygen atoms in total. The topological polar surface area (TPSA) is 83.3 Å². The van der Waals surface area contributed by atoms with Crippen LogP contribution in [0, 0.1) is 10.1 Å². The molecule has 0 aliphatic heterocycles. The van der Waals surface area contributed by atoms with Crippen LogP contribution in [0.1, 0.15) is 24.8 Å². The molecule has 15 heavy (non-hydrogen) atoms. The molecule has 0 fully saturated rings. The fourth-order valence-corrected chi connectivity index (χ4v) is 1.46. The van der Waals surface area contributed by atoms with E-state index >= 15 is 0 Å². The van der Waals surface area contributed by atoms with E-state index in [0.717, 1.165) is 0 Å². The fraction of sp³-hybridized carbons (Fsp3) is 0.300. The normalized spacial score (nSPS) is 12.1. The lowest BCUT2D eigenvalue weighted by Gasteiger charge is -2.15. The van der Waals surface area contributed by atoms with E-state index in [-0.39, 0.29) is 17.7 Å². The third-order valence-corrected chi connectivity index (χ3v) is 2.20. The van der Waals surface area contributed by atoms with E-state index in [1.807, 2.05) is 0 Å². The summed E-state index contributed by atoms with van der Waals surface area (Å²) in [5.41, 5.74) is 0.0264. The van der Waals surface area contributed by atoms with E-state index in [1.54, 1.807) is 13.0 Å². The van der Waals surface area contributed by atoms with Crippen LogP contribution in [0.4, 0.5) is 5.69 Å². The molecule has 1 atom stereocenters. The van der Waals surface area contributed by atoms with Crippen LogP contribution in [0.3, 0.4) is 0 Å². The van der Waals surface area contributed by atoms with Crippen molar-refractivity contribution in [3.8, 4) is 0 Å². The second kappa shape index (κ2) is 4.54. The third-order valence-electron chi connectivity index (χ3n) is 2.20. The van der Waals surface area contributed by atoms with Gasteiger partial charge in [0.2, 0.25) is 0 Å². The minimum absolute atomic E-state index is 0.173. The van der Waals surface area contributed by atoms with Crippen molar-refractivity contribution in [2.75, 3.05) is 0 Å². The second-order valence-corrected chi connectivity index (χ2v) is 3.10. The van der Waals surface area contributed by atoms with E-state index < -0.39 is 16.8 Å². The molecule has 1 unspecified atom stereocenters. The van der Waals surface area contributed by atoms with E-state index in [1.165, 1.54) is 18.2 Å². The van der Waals surface area contributed by atoms with Gasteiger partial charge < -0.3 is 9.90 Å². The molecular weight excluding hydrogens is 198 g/mol. The van der Waals surface area contributed by atoms with Crippen molar-refractivity contribution in [2.24, 2.45) is 0 Å². The zero-order valence-corrected chi connectivity index (χ0v) is 8.17. The van der Waals surface area contributed by atoms with Gasteiger partial charge in [0.05, 0.1) is 4.92 Å². The van der Waals surface area contributed by atoms with Gasteiger partial charge in [0.25, 0.3) is 5.69 Å². The van der Waals surface area contributed by atoms with Crippen molar-refractivity contribution in [3.63, 3.8) is 0 Å². The van der Waals surface area contributed by atoms with Gasteiger partial charge in [-0.15, -0.1) is 0 Å². The summed E-state index contributed by atoms with van der Waals surface area (Å²) in [6, 6.07) is 5.82. The predicted octanol–water partition coefficient (Wildman–Crippen LogP) is 0.838. The molecule has 0 N–H and O–H groups in total. The van der Waals surface area contributed by atoms with E-state index in [2.05, 4.69) is 0 Å². The first-order valence-electron chi connectivity index (χ1n) is 4.52. The SMILES string of the molecule is CCC(C(=O)[O-])c1ccccc1[N+](=O)[O-]. The van der Waals surface area contributed by atoms with Crippen LogP contribution in [0.5, 0.6) is 0 Å². The Labute approximate surface area is 86.5 Å². The third kappa shape index (κ3) is 2.31. The maximum atomic E-state index is 10.8. The molecule has 0 radical (unpaired) electrons. The summed E-state index contributed by atoms with van der Waals surface area (Å²) in [5.74, 6) is -2.21. The Balaban J connectivity index is 3.22. The lowest BCUT2D eigenvalue weighted by molar-refractivity contribution is -0.386. The van der Waals surface area contributed by atoms with Crippen LogP contribution >= 0.6 is 0 Å². The highest BCUT2D eigenvalue weighted by molar-refractivity contribution is 5.75. The van der Waals surface area contributed by atoms with Crippen LogP contribution in [0.2, 0.25) is 0 Å². The number of para-hydroxylation sites is 1. The monoisotopic (exact) mass is 208 g/mol. The number of nitro groups is 1. The maximum Gasteiger partial charge on any atom is 0.273 e. The standard InChI is InChI=1S/C10H11NO4/c1-2-7(10(12)13)8-5-3-4-6-9(8)11(14)15/h3-7H,2H2,1H3,(H,12,13)/p-1. The van der Waals surface area contributed by atoms with Crippen molar-refractivity contribution in [1.82, 2.24) is 0 Å². The number of carbonyl (C=O) groups excluding carboxylic acids is 1. The highest BCUT2D eigenvalue weighted by Gasteiger charge is 2.20. The van der Waals surface area contributed by atoms with E-state index in [9.17, 15) is 20.0 Å². The molecule has 5 heteroatoms. The van der Waals surface area contributed by atoms with Crippen molar-refractivity contribution in [2.45, 2.75) is 19.3 Å². The molecule has 0 saturated heterocycles. The highest BCUT2D eigenvalue weighted by Crippen LogP contribution is 2.27.